The lowest BCUT2D eigenvalue weighted by Crippen LogP contribution is -2.53. The smallest absolute Gasteiger partial charge is 0.118 e. The largest absolute Gasteiger partial charge is 0.497 e. The zero-order chi connectivity index (χ0) is 15.4. The molecule has 22 heavy (non-hydrogen) atoms. The monoisotopic (exact) mass is 306 g/mol. The molecule has 0 bridgehead atoms. The van der Waals surface area contributed by atoms with Gasteiger partial charge in [-0.25, -0.2) is 0 Å². The Labute approximate surface area is 132 Å². The highest BCUT2D eigenvalue weighted by molar-refractivity contribution is 5.29. The van der Waals surface area contributed by atoms with E-state index in [1.165, 1.54) is 5.56 Å². The first kappa shape index (κ1) is 15.7. The number of methoxy groups -OCH3 is 1. The van der Waals surface area contributed by atoms with Crippen LogP contribution in [0.4, 0.5) is 0 Å². The summed E-state index contributed by atoms with van der Waals surface area (Å²) in [5.74, 6) is 0.877. The molecule has 2 aliphatic rings. The Balaban J connectivity index is 1.72. The lowest BCUT2D eigenvalue weighted by molar-refractivity contribution is -0.0873. The number of nitrogens with zero attached hydrogens (tertiary/aromatic N) is 1. The summed E-state index contributed by atoms with van der Waals surface area (Å²) in [6.07, 6.45) is 1.46. The van der Waals surface area contributed by atoms with Gasteiger partial charge < -0.3 is 19.9 Å². The Kier molecular flexibility index (Phi) is 4.98. The van der Waals surface area contributed by atoms with Crippen LogP contribution in [-0.2, 0) is 4.74 Å². The van der Waals surface area contributed by atoms with Crippen molar-refractivity contribution in [1.29, 1.82) is 0 Å². The highest BCUT2D eigenvalue weighted by Crippen LogP contribution is 2.29. The normalized spacial score (nSPS) is 25.8. The third-order valence-corrected chi connectivity index (χ3v) is 4.78. The summed E-state index contributed by atoms with van der Waals surface area (Å²) in [6, 6.07) is 8.55. The molecule has 0 aromatic heterocycles. The summed E-state index contributed by atoms with van der Waals surface area (Å²) in [7, 11) is 1.68. The van der Waals surface area contributed by atoms with Crippen molar-refractivity contribution in [3.63, 3.8) is 0 Å². The van der Waals surface area contributed by atoms with Crippen LogP contribution >= 0.6 is 0 Å². The molecule has 0 amide bonds. The number of rotatable bonds is 4. The highest BCUT2D eigenvalue weighted by atomic mass is 16.5. The van der Waals surface area contributed by atoms with Gasteiger partial charge in [-0.1, -0.05) is 12.1 Å². The van der Waals surface area contributed by atoms with Crippen LogP contribution in [0.1, 0.15) is 24.4 Å². The van der Waals surface area contributed by atoms with E-state index in [2.05, 4.69) is 22.3 Å². The van der Waals surface area contributed by atoms with Crippen molar-refractivity contribution in [2.24, 2.45) is 0 Å². The molecule has 2 heterocycles. The third kappa shape index (κ3) is 3.60. The van der Waals surface area contributed by atoms with Crippen LogP contribution in [0.5, 0.6) is 5.75 Å². The molecule has 2 aliphatic heterocycles. The maximum atomic E-state index is 10.8. The van der Waals surface area contributed by atoms with Crippen LogP contribution in [0.3, 0.4) is 0 Å². The van der Waals surface area contributed by atoms with Gasteiger partial charge in [-0.3, -0.25) is 4.90 Å². The van der Waals surface area contributed by atoms with Crippen LogP contribution in [0.15, 0.2) is 24.3 Å². The molecule has 0 radical (unpaired) electrons. The van der Waals surface area contributed by atoms with Crippen molar-refractivity contribution in [3.05, 3.63) is 29.8 Å². The number of piperazine rings is 1. The molecule has 1 atom stereocenters. The van der Waals surface area contributed by atoms with Gasteiger partial charge in [0.15, 0.2) is 0 Å². The fourth-order valence-corrected chi connectivity index (χ4v) is 3.38. The van der Waals surface area contributed by atoms with Crippen molar-refractivity contribution in [2.45, 2.75) is 24.5 Å². The van der Waals surface area contributed by atoms with Gasteiger partial charge in [0.2, 0.25) is 0 Å². The Bertz CT molecular complexity index is 471. The molecule has 0 spiro atoms. The van der Waals surface area contributed by atoms with E-state index in [0.29, 0.717) is 25.8 Å². The number of hydrogen-bond acceptors (Lipinski definition) is 5. The summed E-state index contributed by atoms with van der Waals surface area (Å²) in [5.41, 5.74) is 0.656. The summed E-state index contributed by atoms with van der Waals surface area (Å²) in [6.45, 7) is 4.89. The van der Waals surface area contributed by atoms with Crippen molar-refractivity contribution in [2.75, 3.05) is 46.5 Å². The zero-order valence-electron chi connectivity index (χ0n) is 13.3. The molecule has 0 saturated carbocycles. The van der Waals surface area contributed by atoms with Gasteiger partial charge in [0, 0.05) is 58.3 Å². The van der Waals surface area contributed by atoms with E-state index in [1.807, 2.05) is 12.1 Å². The van der Waals surface area contributed by atoms with Gasteiger partial charge in [0.25, 0.3) is 0 Å². The predicted octanol–water partition coefficient (Wildman–Crippen LogP) is 1.18. The summed E-state index contributed by atoms with van der Waals surface area (Å²) < 4.78 is 10.6. The molecule has 1 aromatic rings. The number of nitrogens with one attached hydrogen (secondary N) is 1. The summed E-state index contributed by atoms with van der Waals surface area (Å²) in [5, 5.41) is 14.3. The number of benzene rings is 1. The van der Waals surface area contributed by atoms with Crippen LogP contribution < -0.4 is 10.1 Å². The fraction of sp³-hybridized carbons (Fsp3) is 0.647. The minimum absolute atomic E-state index is 0.298. The lowest BCUT2D eigenvalue weighted by Gasteiger charge is -2.42. The van der Waals surface area contributed by atoms with Crippen LogP contribution in [0.2, 0.25) is 0 Å². The van der Waals surface area contributed by atoms with Crippen molar-refractivity contribution < 1.29 is 14.6 Å². The molecule has 0 aliphatic carbocycles. The Morgan fingerprint density at radius 1 is 1.32 bits per heavy atom. The standard InChI is InChI=1S/C17H26N2O3/c1-21-15-4-2-14(3-5-15)16-12-18-8-9-19(16)13-17(20)6-10-22-11-7-17/h2-5,16,18,20H,6-13H2,1H3/t16-/m1/s1. The molecular weight excluding hydrogens is 280 g/mol. The number of ether oxygens (including phenoxy) is 2. The topological polar surface area (TPSA) is 54.0 Å². The predicted molar refractivity (Wildman–Crippen MR) is 85.2 cm³/mol. The quantitative estimate of drug-likeness (QED) is 0.875. The van der Waals surface area contributed by atoms with Crippen molar-refractivity contribution in [3.8, 4) is 5.75 Å². The number of hydrogen-bond donors (Lipinski definition) is 2. The van der Waals surface area contributed by atoms with Crippen LogP contribution in [-0.4, -0.2) is 62.1 Å². The second-order valence-corrected chi connectivity index (χ2v) is 6.30. The van der Waals surface area contributed by atoms with Gasteiger partial charge >= 0.3 is 0 Å². The number of aliphatic hydroxyl groups is 1. The average Bonchev–Trinajstić information content (AvgIpc) is 2.56. The first-order valence-electron chi connectivity index (χ1n) is 8.09. The molecule has 2 fully saturated rings. The minimum atomic E-state index is -0.611. The van der Waals surface area contributed by atoms with Gasteiger partial charge in [-0.2, -0.15) is 0 Å². The van der Waals surface area contributed by atoms with E-state index in [-0.39, 0.29) is 0 Å². The van der Waals surface area contributed by atoms with Crippen molar-refractivity contribution >= 4 is 0 Å². The molecule has 122 valence electrons. The fourth-order valence-electron chi connectivity index (χ4n) is 3.38. The molecule has 2 N–H and O–H groups in total. The third-order valence-electron chi connectivity index (χ3n) is 4.78. The Morgan fingerprint density at radius 2 is 2.05 bits per heavy atom. The summed E-state index contributed by atoms with van der Waals surface area (Å²) in [4.78, 5) is 2.41. The Hall–Kier alpha value is -1.14. The van der Waals surface area contributed by atoms with Crippen molar-refractivity contribution in [1.82, 2.24) is 10.2 Å². The van der Waals surface area contributed by atoms with E-state index in [4.69, 9.17) is 9.47 Å². The van der Waals surface area contributed by atoms with Gasteiger partial charge in [0.1, 0.15) is 5.75 Å². The second kappa shape index (κ2) is 6.96. The van der Waals surface area contributed by atoms with Gasteiger partial charge in [-0.05, 0) is 17.7 Å². The van der Waals surface area contributed by atoms with Gasteiger partial charge in [-0.15, -0.1) is 0 Å². The Morgan fingerprint density at radius 3 is 2.73 bits per heavy atom. The molecular formula is C17H26N2O3. The molecule has 0 unspecified atom stereocenters. The van der Waals surface area contributed by atoms with E-state index in [0.717, 1.165) is 38.2 Å². The molecule has 1 aromatic carbocycles. The second-order valence-electron chi connectivity index (χ2n) is 6.30. The number of β-amino-alcohol motifs (C(OH)–C–C–N with tert-alkyl or cyclic N) is 1. The van der Waals surface area contributed by atoms with E-state index in [1.54, 1.807) is 7.11 Å². The van der Waals surface area contributed by atoms with Crippen LogP contribution in [0, 0.1) is 0 Å². The maximum Gasteiger partial charge on any atom is 0.118 e. The molecule has 2 saturated heterocycles. The first-order chi connectivity index (χ1) is 10.7. The summed E-state index contributed by atoms with van der Waals surface area (Å²) >= 11 is 0. The maximum absolute atomic E-state index is 10.8. The van der Waals surface area contributed by atoms with Gasteiger partial charge in [0.05, 0.1) is 12.7 Å². The van der Waals surface area contributed by atoms with Crippen LogP contribution in [0.25, 0.3) is 0 Å². The zero-order valence-corrected chi connectivity index (χ0v) is 13.3. The van der Waals surface area contributed by atoms with E-state index >= 15 is 0 Å². The molecule has 3 rings (SSSR count). The minimum Gasteiger partial charge on any atom is -0.497 e. The first-order valence-corrected chi connectivity index (χ1v) is 8.09. The molecule has 5 heteroatoms. The lowest BCUT2D eigenvalue weighted by atomic mass is 9.92. The van der Waals surface area contributed by atoms with E-state index < -0.39 is 5.60 Å². The SMILES string of the molecule is COc1ccc([C@H]2CNCCN2CC2(O)CCOCC2)cc1. The average molecular weight is 306 g/mol. The molecule has 5 nitrogen and oxygen atoms in total. The van der Waals surface area contributed by atoms with E-state index in [9.17, 15) is 5.11 Å². The highest BCUT2D eigenvalue weighted by Gasteiger charge is 2.35.